The van der Waals surface area contributed by atoms with Gasteiger partial charge in [-0.1, -0.05) is 37.3 Å². The lowest BCUT2D eigenvalue weighted by atomic mass is 10.0. The van der Waals surface area contributed by atoms with Crippen molar-refractivity contribution in [2.45, 2.75) is 39.7 Å². The third-order valence-electron chi connectivity index (χ3n) is 4.17. The Morgan fingerprint density at radius 2 is 1.96 bits per heavy atom. The molecule has 0 aliphatic rings. The molecule has 0 saturated carbocycles. The Kier molecular flexibility index (Phi) is 10.4. The van der Waals surface area contributed by atoms with Crippen molar-refractivity contribution in [2.24, 2.45) is 4.99 Å². The number of benzene rings is 1. The second-order valence-electron chi connectivity index (χ2n) is 6.32. The van der Waals surface area contributed by atoms with Crippen molar-refractivity contribution in [1.29, 1.82) is 0 Å². The number of nitrogens with one attached hydrogen (secondary N) is 2. The Morgan fingerprint density at radius 1 is 1.29 bits per heavy atom. The van der Waals surface area contributed by atoms with Crippen LogP contribution in [0.25, 0.3) is 0 Å². The van der Waals surface area contributed by atoms with E-state index in [9.17, 15) is 4.79 Å². The fraction of sp³-hybridized carbons (Fsp3) is 0.450. The minimum Gasteiger partial charge on any atom is -0.462 e. The van der Waals surface area contributed by atoms with Crippen molar-refractivity contribution in [2.75, 3.05) is 20.2 Å². The number of ether oxygens (including phenoxy) is 1. The van der Waals surface area contributed by atoms with Gasteiger partial charge in [-0.3, -0.25) is 4.99 Å². The summed E-state index contributed by atoms with van der Waals surface area (Å²) >= 11 is 1.36. The monoisotopic (exact) mass is 516 g/mol. The van der Waals surface area contributed by atoms with Crippen molar-refractivity contribution in [1.82, 2.24) is 15.6 Å². The second-order valence-corrected chi connectivity index (χ2v) is 7.35. The molecular formula is C20H29IN4O2S. The number of rotatable bonds is 7. The first-order valence-corrected chi connectivity index (χ1v) is 9.94. The highest BCUT2D eigenvalue weighted by Gasteiger charge is 2.20. The minimum atomic E-state index is -0.315. The van der Waals surface area contributed by atoms with E-state index in [1.54, 1.807) is 14.0 Å². The summed E-state index contributed by atoms with van der Waals surface area (Å²) in [7, 11) is 1.74. The van der Waals surface area contributed by atoms with Gasteiger partial charge < -0.3 is 15.4 Å². The zero-order chi connectivity index (χ0) is 19.8. The number of aliphatic imine (C=N–C) groups is 1. The lowest BCUT2D eigenvalue weighted by molar-refractivity contribution is 0.0531. The first kappa shape index (κ1) is 24.4. The highest BCUT2D eigenvalue weighted by atomic mass is 127. The van der Waals surface area contributed by atoms with E-state index in [4.69, 9.17) is 4.74 Å². The minimum absolute atomic E-state index is 0. The molecule has 28 heavy (non-hydrogen) atoms. The van der Waals surface area contributed by atoms with Gasteiger partial charge in [-0.15, -0.1) is 35.3 Å². The van der Waals surface area contributed by atoms with Gasteiger partial charge >= 0.3 is 5.97 Å². The van der Waals surface area contributed by atoms with Gasteiger partial charge in [-0.2, -0.15) is 0 Å². The van der Waals surface area contributed by atoms with Gasteiger partial charge in [-0.25, -0.2) is 9.78 Å². The number of nitrogens with zero attached hydrogens (tertiary/aromatic N) is 2. The highest BCUT2D eigenvalue weighted by Crippen LogP contribution is 2.24. The van der Waals surface area contributed by atoms with E-state index >= 15 is 0 Å². The van der Waals surface area contributed by atoms with Crippen molar-refractivity contribution in [3.05, 3.63) is 51.5 Å². The van der Waals surface area contributed by atoms with Gasteiger partial charge in [0.2, 0.25) is 0 Å². The molecule has 1 heterocycles. The number of guanidine groups is 1. The highest BCUT2D eigenvalue weighted by molar-refractivity contribution is 14.0. The van der Waals surface area contributed by atoms with Crippen molar-refractivity contribution in [3.8, 4) is 0 Å². The molecule has 0 radical (unpaired) electrons. The third-order valence-corrected chi connectivity index (χ3v) is 5.49. The van der Waals surface area contributed by atoms with Crippen LogP contribution in [0.15, 0.2) is 35.3 Å². The molecule has 6 nitrogen and oxygen atoms in total. The smallest absolute Gasteiger partial charge is 0.350 e. The summed E-state index contributed by atoms with van der Waals surface area (Å²) in [5, 5.41) is 7.52. The summed E-state index contributed by atoms with van der Waals surface area (Å²) in [6, 6.07) is 10.3. The molecule has 1 aromatic carbocycles. The molecule has 2 rings (SSSR count). The van der Waals surface area contributed by atoms with E-state index in [1.165, 1.54) is 16.9 Å². The molecule has 2 unspecified atom stereocenters. The summed E-state index contributed by atoms with van der Waals surface area (Å²) in [5.74, 6) is 0.749. The molecule has 0 aliphatic heterocycles. The number of halogens is 1. The predicted octanol–water partition coefficient (Wildman–Crippen LogP) is 4.28. The van der Waals surface area contributed by atoms with Crippen LogP contribution in [-0.2, 0) is 4.74 Å². The summed E-state index contributed by atoms with van der Waals surface area (Å²) < 4.78 is 5.09. The normalized spacial score (nSPS) is 13.2. The molecule has 0 spiro atoms. The van der Waals surface area contributed by atoms with Crippen LogP contribution in [0.2, 0.25) is 0 Å². The Bertz CT molecular complexity index is 780. The number of hydrogen-bond acceptors (Lipinski definition) is 5. The number of aromatic nitrogens is 1. The molecule has 0 fully saturated rings. The van der Waals surface area contributed by atoms with Crippen molar-refractivity contribution < 1.29 is 9.53 Å². The average molecular weight is 516 g/mol. The van der Waals surface area contributed by atoms with Crippen molar-refractivity contribution >= 4 is 47.2 Å². The first-order chi connectivity index (χ1) is 13.0. The average Bonchev–Trinajstić information content (AvgIpc) is 3.07. The van der Waals surface area contributed by atoms with Crippen LogP contribution in [0.3, 0.4) is 0 Å². The topological polar surface area (TPSA) is 75.6 Å². The predicted molar refractivity (Wildman–Crippen MR) is 126 cm³/mol. The standard InChI is InChI=1S/C20H28N4O2S.HI/c1-6-26-19(25)17-14(3)23-18(27-17)15(4)24-20(21-5)22-12-13(2)16-10-8-7-9-11-16;/h7-11,13,15H,6,12H2,1-5H3,(H2,21,22,24);1H. The Hall–Kier alpha value is -1.68. The maximum absolute atomic E-state index is 12.0. The van der Waals surface area contributed by atoms with E-state index in [0.717, 1.165) is 11.6 Å². The zero-order valence-corrected chi connectivity index (χ0v) is 20.1. The van der Waals surface area contributed by atoms with Crippen LogP contribution in [0.5, 0.6) is 0 Å². The SMILES string of the molecule is CCOC(=O)c1sc(C(C)NC(=NC)NCC(C)c2ccccc2)nc1C.I. The largest absolute Gasteiger partial charge is 0.462 e. The molecule has 2 N–H and O–H groups in total. The van der Waals surface area contributed by atoms with Crippen LogP contribution < -0.4 is 10.6 Å². The van der Waals surface area contributed by atoms with Gasteiger partial charge in [0.1, 0.15) is 9.88 Å². The van der Waals surface area contributed by atoms with E-state index in [1.807, 2.05) is 32.0 Å². The molecule has 2 atom stereocenters. The molecule has 1 aromatic heterocycles. The number of carbonyl (C=O) groups excluding carboxylic acids is 1. The van der Waals surface area contributed by atoms with Gasteiger partial charge in [0.15, 0.2) is 5.96 Å². The third kappa shape index (κ3) is 6.73. The number of esters is 1. The van der Waals surface area contributed by atoms with Crippen molar-refractivity contribution in [3.63, 3.8) is 0 Å². The fourth-order valence-electron chi connectivity index (χ4n) is 2.60. The summed E-state index contributed by atoms with van der Waals surface area (Å²) in [6.07, 6.45) is 0. The summed E-state index contributed by atoms with van der Waals surface area (Å²) in [6.45, 7) is 8.92. The Morgan fingerprint density at radius 3 is 2.57 bits per heavy atom. The van der Waals surface area contributed by atoms with E-state index in [0.29, 0.717) is 29.1 Å². The number of thiazole rings is 1. The summed E-state index contributed by atoms with van der Waals surface area (Å²) in [4.78, 5) is 21.3. The van der Waals surface area contributed by atoms with E-state index < -0.39 is 0 Å². The Balaban J connectivity index is 0.00000392. The molecule has 8 heteroatoms. The molecule has 0 aliphatic carbocycles. The maximum atomic E-state index is 12.0. The molecular weight excluding hydrogens is 487 g/mol. The number of carbonyl (C=O) groups is 1. The Labute approximate surface area is 188 Å². The van der Waals surface area contributed by atoms with Crippen LogP contribution in [0, 0.1) is 6.92 Å². The molecule has 0 amide bonds. The molecule has 154 valence electrons. The summed E-state index contributed by atoms with van der Waals surface area (Å²) in [5.41, 5.74) is 1.98. The fourth-order valence-corrected chi connectivity index (χ4v) is 3.56. The second kappa shape index (κ2) is 12.0. The van der Waals surface area contributed by atoms with Crippen LogP contribution in [-0.4, -0.2) is 37.1 Å². The number of hydrogen-bond donors (Lipinski definition) is 2. The van der Waals surface area contributed by atoms with Crippen LogP contribution >= 0.6 is 35.3 Å². The van der Waals surface area contributed by atoms with Gasteiger partial charge in [0.05, 0.1) is 18.3 Å². The van der Waals surface area contributed by atoms with Gasteiger partial charge in [0, 0.05) is 13.6 Å². The van der Waals surface area contributed by atoms with Crippen LogP contribution in [0.1, 0.15) is 58.7 Å². The lowest BCUT2D eigenvalue weighted by Gasteiger charge is -2.19. The number of aryl methyl sites for hydroxylation is 1. The molecule has 2 aromatic rings. The van der Waals surface area contributed by atoms with Crippen LogP contribution in [0.4, 0.5) is 0 Å². The lowest BCUT2D eigenvalue weighted by Crippen LogP contribution is -2.40. The first-order valence-electron chi connectivity index (χ1n) is 9.12. The molecule has 0 saturated heterocycles. The van der Waals surface area contributed by atoms with Gasteiger partial charge in [0.25, 0.3) is 0 Å². The maximum Gasteiger partial charge on any atom is 0.350 e. The quantitative estimate of drug-likeness (QED) is 0.249. The molecule has 0 bridgehead atoms. The zero-order valence-electron chi connectivity index (χ0n) is 17.0. The van der Waals surface area contributed by atoms with E-state index in [-0.39, 0.29) is 36.0 Å². The van der Waals surface area contributed by atoms with Gasteiger partial charge in [-0.05, 0) is 32.3 Å². The van der Waals surface area contributed by atoms with E-state index in [2.05, 4.69) is 39.7 Å².